The fourth-order valence-electron chi connectivity index (χ4n) is 4.29. The maximum atomic E-state index is 12.7. The van der Waals surface area contributed by atoms with Crippen LogP contribution >= 0.6 is 0 Å². The highest BCUT2D eigenvalue weighted by molar-refractivity contribution is 5.83. The predicted octanol–water partition coefficient (Wildman–Crippen LogP) is 2.78. The number of amides is 1. The smallest absolute Gasteiger partial charge is 0.241 e. The molecule has 0 radical (unpaired) electrons. The number of likely N-dealkylation sites (tertiary alicyclic amines) is 1. The SMILES string of the molecule is O=C(NCCN1CCC(COc2ccccc2)CC1)C1NCCc2ccccc21. The van der Waals surface area contributed by atoms with Crippen LogP contribution in [0, 0.1) is 5.92 Å². The number of piperidine rings is 1. The minimum atomic E-state index is -0.221. The number of rotatable bonds is 7. The number of carbonyl (C=O) groups excluding carboxylic acids is 1. The molecule has 2 aliphatic heterocycles. The van der Waals surface area contributed by atoms with Gasteiger partial charge in [0.25, 0.3) is 0 Å². The summed E-state index contributed by atoms with van der Waals surface area (Å²) in [6.07, 6.45) is 3.29. The summed E-state index contributed by atoms with van der Waals surface area (Å²) in [5.41, 5.74) is 2.40. The van der Waals surface area contributed by atoms with Crippen LogP contribution in [0.3, 0.4) is 0 Å². The molecular weight excluding hydrogens is 362 g/mol. The Kier molecular flexibility index (Phi) is 6.80. The van der Waals surface area contributed by atoms with Crippen LogP contribution in [0.4, 0.5) is 0 Å². The van der Waals surface area contributed by atoms with Crippen molar-refractivity contribution in [2.45, 2.75) is 25.3 Å². The maximum Gasteiger partial charge on any atom is 0.241 e. The summed E-state index contributed by atoms with van der Waals surface area (Å²) >= 11 is 0. The molecule has 1 amide bonds. The van der Waals surface area contributed by atoms with E-state index in [2.05, 4.69) is 27.7 Å². The van der Waals surface area contributed by atoms with Gasteiger partial charge in [-0.2, -0.15) is 0 Å². The summed E-state index contributed by atoms with van der Waals surface area (Å²) < 4.78 is 5.91. The first-order valence-electron chi connectivity index (χ1n) is 10.8. The molecule has 2 aromatic rings. The average molecular weight is 394 g/mol. The predicted molar refractivity (Wildman–Crippen MR) is 115 cm³/mol. The first-order valence-corrected chi connectivity index (χ1v) is 10.8. The topological polar surface area (TPSA) is 53.6 Å². The Hall–Kier alpha value is -2.37. The van der Waals surface area contributed by atoms with Crippen molar-refractivity contribution in [1.82, 2.24) is 15.5 Å². The molecule has 2 N–H and O–H groups in total. The van der Waals surface area contributed by atoms with E-state index in [0.29, 0.717) is 12.5 Å². The summed E-state index contributed by atoms with van der Waals surface area (Å²) in [5, 5.41) is 6.49. The molecule has 0 spiro atoms. The number of ether oxygens (including phenoxy) is 1. The number of nitrogens with zero attached hydrogens (tertiary/aromatic N) is 1. The molecule has 4 rings (SSSR count). The minimum absolute atomic E-state index is 0.0864. The second-order valence-corrected chi connectivity index (χ2v) is 8.04. The number of carbonyl (C=O) groups is 1. The lowest BCUT2D eigenvalue weighted by molar-refractivity contribution is -0.123. The largest absolute Gasteiger partial charge is 0.493 e. The minimum Gasteiger partial charge on any atom is -0.493 e. The highest BCUT2D eigenvalue weighted by Crippen LogP contribution is 2.23. The Bertz CT molecular complexity index is 788. The molecule has 1 fully saturated rings. The van der Waals surface area contributed by atoms with E-state index in [1.807, 2.05) is 42.5 Å². The number of fused-ring (bicyclic) bond motifs is 1. The molecule has 5 heteroatoms. The van der Waals surface area contributed by atoms with Crippen molar-refractivity contribution in [2.24, 2.45) is 5.92 Å². The quantitative estimate of drug-likeness (QED) is 0.760. The normalized spacial score (nSPS) is 20.1. The highest BCUT2D eigenvalue weighted by Gasteiger charge is 2.26. The highest BCUT2D eigenvalue weighted by atomic mass is 16.5. The standard InChI is InChI=1S/C24H31N3O2/c28-24(23-22-9-5-4-6-20(22)10-13-25-23)26-14-17-27-15-11-19(12-16-27)18-29-21-7-2-1-3-8-21/h1-9,19,23,25H,10-18H2,(H,26,28). The van der Waals surface area contributed by atoms with Gasteiger partial charge < -0.3 is 20.3 Å². The Morgan fingerprint density at radius 3 is 2.66 bits per heavy atom. The van der Waals surface area contributed by atoms with Gasteiger partial charge in [0.1, 0.15) is 11.8 Å². The average Bonchev–Trinajstić information content (AvgIpc) is 2.79. The van der Waals surface area contributed by atoms with E-state index < -0.39 is 0 Å². The second kappa shape index (κ2) is 9.90. The van der Waals surface area contributed by atoms with Crippen LogP contribution in [-0.2, 0) is 11.2 Å². The van der Waals surface area contributed by atoms with Gasteiger partial charge in [0.15, 0.2) is 0 Å². The Morgan fingerprint density at radius 1 is 1.07 bits per heavy atom. The molecule has 29 heavy (non-hydrogen) atoms. The summed E-state index contributed by atoms with van der Waals surface area (Å²) in [6.45, 7) is 5.40. The van der Waals surface area contributed by atoms with Crippen molar-refractivity contribution in [3.8, 4) is 5.75 Å². The zero-order valence-corrected chi connectivity index (χ0v) is 17.0. The van der Waals surface area contributed by atoms with E-state index in [9.17, 15) is 4.79 Å². The molecule has 1 saturated heterocycles. The molecule has 1 atom stereocenters. The molecule has 5 nitrogen and oxygen atoms in total. The lowest BCUT2D eigenvalue weighted by atomic mass is 9.94. The lowest BCUT2D eigenvalue weighted by Crippen LogP contribution is -2.45. The molecule has 2 heterocycles. The monoisotopic (exact) mass is 393 g/mol. The molecular formula is C24H31N3O2. The van der Waals surface area contributed by atoms with E-state index >= 15 is 0 Å². The van der Waals surface area contributed by atoms with Gasteiger partial charge in [-0.3, -0.25) is 4.79 Å². The molecule has 0 bridgehead atoms. The van der Waals surface area contributed by atoms with Gasteiger partial charge >= 0.3 is 0 Å². The zero-order chi connectivity index (χ0) is 19.9. The molecule has 0 saturated carbocycles. The van der Waals surface area contributed by atoms with Crippen molar-refractivity contribution in [3.63, 3.8) is 0 Å². The van der Waals surface area contributed by atoms with Crippen LogP contribution < -0.4 is 15.4 Å². The number of benzene rings is 2. The van der Waals surface area contributed by atoms with Gasteiger partial charge in [-0.15, -0.1) is 0 Å². The van der Waals surface area contributed by atoms with Crippen LogP contribution in [0.25, 0.3) is 0 Å². The third-order valence-corrected chi connectivity index (χ3v) is 6.03. The van der Waals surface area contributed by atoms with Crippen LogP contribution in [0.2, 0.25) is 0 Å². The van der Waals surface area contributed by atoms with Crippen LogP contribution in [0.15, 0.2) is 54.6 Å². The number of nitrogens with one attached hydrogen (secondary N) is 2. The number of hydrogen-bond donors (Lipinski definition) is 2. The van der Waals surface area contributed by atoms with E-state index in [1.165, 1.54) is 5.56 Å². The van der Waals surface area contributed by atoms with Crippen molar-refractivity contribution in [3.05, 3.63) is 65.7 Å². The van der Waals surface area contributed by atoms with Crippen molar-refractivity contribution in [2.75, 3.05) is 39.3 Å². The summed E-state index contributed by atoms with van der Waals surface area (Å²) in [7, 11) is 0. The Labute approximate surface area is 173 Å². The molecule has 2 aliphatic rings. The van der Waals surface area contributed by atoms with Gasteiger partial charge in [0.2, 0.25) is 5.91 Å². The van der Waals surface area contributed by atoms with Gasteiger partial charge in [-0.1, -0.05) is 42.5 Å². The molecule has 154 valence electrons. The molecule has 0 aromatic heterocycles. The van der Waals surface area contributed by atoms with Gasteiger partial charge in [0.05, 0.1) is 6.61 Å². The summed E-state index contributed by atoms with van der Waals surface area (Å²) in [4.78, 5) is 15.1. The first-order chi connectivity index (χ1) is 14.3. The maximum absolute atomic E-state index is 12.7. The van der Waals surface area contributed by atoms with Gasteiger partial charge in [-0.25, -0.2) is 0 Å². The van der Waals surface area contributed by atoms with Crippen molar-refractivity contribution < 1.29 is 9.53 Å². The van der Waals surface area contributed by atoms with E-state index in [0.717, 1.165) is 63.4 Å². The molecule has 1 unspecified atom stereocenters. The number of hydrogen-bond acceptors (Lipinski definition) is 4. The second-order valence-electron chi connectivity index (χ2n) is 8.04. The number of para-hydroxylation sites is 1. The first kappa shape index (κ1) is 19.9. The zero-order valence-electron chi connectivity index (χ0n) is 17.0. The van der Waals surface area contributed by atoms with Crippen LogP contribution in [0.5, 0.6) is 5.75 Å². The van der Waals surface area contributed by atoms with Crippen molar-refractivity contribution >= 4 is 5.91 Å². The fraction of sp³-hybridized carbons (Fsp3) is 0.458. The fourth-order valence-corrected chi connectivity index (χ4v) is 4.29. The Balaban J connectivity index is 1.15. The third-order valence-electron chi connectivity index (χ3n) is 6.03. The van der Waals surface area contributed by atoms with E-state index in [4.69, 9.17) is 4.74 Å². The van der Waals surface area contributed by atoms with E-state index in [-0.39, 0.29) is 11.9 Å². The molecule has 2 aromatic carbocycles. The van der Waals surface area contributed by atoms with E-state index in [1.54, 1.807) is 0 Å². The lowest BCUT2D eigenvalue weighted by Gasteiger charge is -2.32. The summed E-state index contributed by atoms with van der Waals surface area (Å²) in [6, 6.07) is 18.1. The van der Waals surface area contributed by atoms with Gasteiger partial charge in [-0.05, 0) is 61.5 Å². The van der Waals surface area contributed by atoms with Crippen LogP contribution in [-0.4, -0.2) is 50.1 Å². The van der Waals surface area contributed by atoms with Crippen LogP contribution in [0.1, 0.15) is 30.0 Å². The third kappa shape index (κ3) is 5.37. The molecule has 0 aliphatic carbocycles. The van der Waals surface area contributed by atoms with Gasteiger partial charge in [0, 0.05) is 19.6 Å². The van der Waals surface area contributed by atoms with Crippen molar-refractivity contribution in [1.29, 1.82) is 0 Å². The Morgan fingerprint density at radius 2 is 1.83 bits per heavy atom. The summed E-state index contributed by atoms with van der Waals surface area (Å²) in [5.74, 6) is 1.66.